The minimum Gasteiger partial charge on any atom is -0.335 e. The molecule has 34 heavy (non-hydrogen) atoms. The van der Waals surface area contributed by atoms with E-state index in [1.807, 2.05) is 36.4 Å². The first kappa shape index (κ1) is 22.8. The van der Waals surface area contributed by atoms with Crippen LogP contribution in [0.15, 0.2) is 79.0 Å². The number of halogens is 2. The van der Waals surface area contributed by atoms with Gasteiger partial charge in [-0.25, -0.2) is 8.78 Å². The third kappa shape index (κ3) is 4.56. The third-order valence-electron chi connectivity index (χ3n) is 5.53. The second-order valence-electron chi connectivity index (χ2n) is 7.89. The molecule has 1 aliphatic heterocycles. The number of nitrogens with zero attached hydrogens (tertiary/aromatic N) is 1. The second kappa shape index (κ2) is 9.27. The molecule has 4 rings (SSSR count). The Morgan fingerprint density at radius 1 is 0.971 bits per heavy atom. The van der Waals surface area contributed by atoms with Gasteiger partial charge in [0, 0.05) is 18.7 Å². The molecular weight excluding hydrogens is 440 g/mol. The summed E-state index contributed by atoms with van der Waals surface area (Å²) in [7, 11) is 1.63. The van der Waals surface area contributed by atoms with Crippen molar-refractivity contribution in [2.45, 2.75) is 12.5 Å². The minimum absolute atomic E-state index is 0.107. The Morgan fingerprint density at radius 2 is 1.59 bits per heavy atom. The van der Waals surface area contributed by atoms with Gasteiger partial charge in [0.05, 0.1) is 17.8 Å². The molecule has 6 nitrogen and oxygen atoms in total. The fourth-order valence-electron chi connectivity index (χ4n) is 3.96. The molecule has 0 radical (unpaired) electrons. The summed E-state index contributed by atoms with van der Waals surface area (Å²) in [6.45, 7) is 3.58. The van der Waals surface area contributed by atoms with Crippen molar-refractivity contribution in [2.75, 3.05) is 11.9 Å². The first-order valence-corrected chi connectivity index (χ1v) is 10.4. The number of rotatable bonds is 5. The van der Waals surface area contributed by atoms with E-state index in [4.69, 9.17) is 0 Å². The molecule has 0 bridgehead atoms. The number of para-hydroxylation sites is 1. The summed E-state index contributed by atoms with van der Waals surface area (Å²) in [6, 6.07) is 16.4. The van der Waals surface area contributed by atoms with E-state index in [0.29, 0.717) is 17.3 Å². The summed E-state index contributed by atoms with van der Waals surface area (Å²) in [4.78, 5) is 39.9. The summed E-state index contributed by atoms with van der Waals surface area (Å²) in [5.41, 5.74) is 2.76. The summed E-state index contributed by atoms with van der Waals surface area (Å²) in [5, 5.41) is 4.98. The smallest absolute Gasteiger partial charge is 0.268 e. The van der Waals surface area contributed by atoms with Crippen molar-refractivity contribution in [1.29, 1.82) is 0 Å². The lowest BCUT2D eigenvalue weighted by molar-refractivity contribution is -0.126. The summed E-state index contributed by atoms with van der Waals surface area (Å²) < 4.78 is 26.7. The van der Waals surface area contributed by atoms with E-state index in [1.165, 1.54) is 4.90 Å². The van der Waals surface area contributed by atoms with Crippen molar-refractivity contribution in [1.82, 2.24) is 10.6 Å². The van der Waals surface area contributed by atoms with Crippen LogP contribution in [0.25, 0.3) is 11.1 Å². The van der Waals surface area contributed by atoms with Gasteiger partial charge < -0.3 is 15.5 Å². The van der Waals surface area contributed by atoms with Crippen LogP contribution in [0.4, 0.5) is 14.5 Å². The SMILES string of the molecule is C=C(NC(=O)Cc1cc(F)cc(F)c1)C(=O)N[C@@H]1C(=O)N(C)c2ccccc2-c2ccccc21. The van der Waals surface area contributed by atoms with Gasteiger partial charge in [-0.3, -0.25) is 14.4 Å². The minimum atomic E-state index is -1.02. The van der Waals surface area contributed by atoms with Gasteiger partial charge in [-0.05, 0) is 34.9 Å². The summed E-state index contributed by atoms with van der Waals surface area (Å²) in [5.74, 6) is -3.42. The highest BCUT2D eigenvalue weighted by atomic mass is 19.1. The number of hydrogen-bond donors (Lipinski definition) is 2. The van der Waals surface area contributed by atoms with Crippen molar-refractivity contribution in [3.05, 3.63) is 102 Å². The molecule has 1 aliphatic rings. The molecule has 0 aromatic heterocycles. The number of nitrogens with one attached hydrogen (secondary N) is 2. The van der Waals surface area contributed by atoms with Crippen LogP contribution in [0, 0.1) is 11.6 Å². The van der Waals surface area contributed by atoms with Crippen molar-refractivity contribution < 1.29 is 23.2 Å². The molecule has 2 N–H and O–H groups in total. The number of carbonyl (C=O) groups is 3. The van der Waals surface area contributed by atoms with Crippen molar-refractivity contribution >= 4 is 23.4 Å². The third-order valence-corrected chi connectivity index (χ3v) is 5.53. The van der Waals surface area contributed by atoms with Crippen LogP contribution in [-0.2, 0) is 20.8 Å². The molecular formula is C26H21F2N3O3. The van der Waals surface area contributed by atoms with Crippen LogP contribution in [0.1, 0.15) is 17.2 Å². The van der Waals surface area contributed by atoms with E-state index in [9.17, 15) is 23.2 Å². The maximum Gasteiger partial charge on any atom is 0.268 e. The zero-order valence-corrected chi connectivity index (χ0v) is 18.3. The highest BCUT2D eigenvalue weighted by Crippen LogP contribution is 2.39. The number of fused-ring (bicyclic) bond motifs is 3. The van der Waals surface area contributed by atoms with Crippen LogP contribution in [0.3, 0.4) is 0 Å². The summed E-state index contributed by atoms with van der Waals surface area (Å²) in [6.07, 6.45) is -0.357. The normalized spacial score (nSPS) is 14.5. The predicted molar refractivity (Wildman–Crippen MR) is 124 cm³/mol. The van der Waals surface area contributed by atoms with Crippen LogP contribution >= 0.6 is 0 Å². The monoisotopic (exact) mass is 461 g/mol. The molecule has 0 saturated heterocycles. The number of hydrogen-bond acceptors (Lipinski definition) is 3. The van der Waals surface area contributed by atoms with Gasteiger partial charge >= 0.3 is 0 Å². The average Bonchev–Trinajstić information content (AvgIpc) is 2.88. The second-order valence-corrected chi connectivity index (χ2v) is 7.89. The fourth-order valence-corrected chi connectivity index (χ4v) is 3.96. The molecule has 3 amide bonds. The number of benzene rings is 3. The van der Waals surface area contributed by atoms with Gasteiger partial charge in [-0.2, -0.15) is 0 Å². The Hall–Kier alpha value is -4.33. The van der Waals surface area contributed by atoms with Crippen LogP contribution in [-0.4, -0.2) is 24.8 Å². The molecule has 172 valence electrons. The number of likely N-dealkylation sites (N-methyl/N-ethyl adjacent to an activating group) is 1. The maximum absolute atomic E-state index is 13.4. The molecule has 0 fully saturated rings. The first-order valence-electron chi connectivity index (χ1n) is 10.4. The van der Waals surface area contributed by atoms with Gasteiger partial charge in [0.25, 0.3) is 11.8 Å². The predicted octanol–water partition coefficient (Wildman–Crippen LogP) is 3.64. The fraction of sp³-hybridized carbons (Fsp3) is 0.115. The highest BCUT2D eigenvalue weighted by molar-refractivity contribution is 6.07. The Bertz CT molecular complexity index is 1300. The summed E-state index contributed by atoms with van der Waals surface area (Å²) >= 11 is 0. The largest absolute Gasteiger partial charge is 0.335 e. The average molecular weight is 461 g/mol. The highest BCUT2D eigenvalue weighted by Gasteiger charge is 2.33. The molecule has 1 atom stereocenters. The Kier molecular flexibility index (Phi) is 6.23. The molecule has 0 saturated carbocycles. The molecule has 8 heteroatoms. The zero-order chi connectivity index (χ0) is 24.4. The topological polar surface area (TPSA) is 78.5 Å². The van der Waals surface area contributed by atoms with E-state index < -0.39 is 29.5 Å². The Labute approximate surface area is 194 Å². The quantitative estimate of drug-likeness (QED) is 0.570. The van der Waals surface area contributed by atoms with Crippen LogP contribution < -0.4 is 15.5 Å². The number of carbonyl (C=O) groups excluding carboxylic acids is 3. The van der Waals surface area contributed by atoms with E-state index in [0.717, 1.165) is 23.3 Å². The first-order chi connectivity index (χ1) is 16.2. The van der Waals surface area contributed by atoms with Crippen LogP contribution in [0.5, 0.6) is 0 Å². The van der Waals surface area contributed by atoms with Crippen molar-refractivity contribution in [3.63, 3.8) is 0 Å². The van der Waals surface area contributed by atoms with E-state index in [-0.39, 0.29) is 23.6 Å². The van der Waals surface area contributed by atoms with Crippen LogP contribution in [0.2, 0.25) is 0 Å². The molecule has 3 aromatic rings. The lowest BCUT2D eigenvalue weighted by Crippen LogP contribution is -2.43. The van der Waals surface area contributed by atoms with Gasteiger partial charge in [0.15, 0.2) is 0 Å². The molecule has 3 aromatic carbocycles. The van der Waals surface area contributed by atoms with Crippen molar-refractivity contribution in [2.24, 2.45) is 0 Å². The Balaban J connectivity index is 1.52. The zero-order valence-electron chi connectivity index (χ0n) is 18.3. The molecule has 1 heterocycles. The lowest BCUT2D eigenvalue weighted by Gasteiger charge is -2.23. The van der Waals surface area contributed by atoms with Crippen molar-refractivity contribution in [3.8, 4) is 11.1 Å². The lowest BCUT2D eigenvalue weighted by atomic mass is 9.95. The van der Waals surface area contributed by atoms with Gasteiger partial charge in [0.1, 0.15) is 17.7 Å². The number of anilines is 1. The van der Waals surface area contributed by atoms with Gasteiger partial charge in [-0.15, -0.1) is 0 Å². The van der Waals surface area contributed by atoms with Gasteiger partial charge in [0.2, 0.25) is 5.91 Å². The van der Waals surface area contributed by atoms with Gasteiger partial charge in [-0.1, -0.05) is 49.0 Å². The van der Waals surface area contributed by atoms with E-state index >= 15 is 0 Å². The van der Waals surface area contributed by atoms with E-state index in [1.54, 1.807) is 19.2 Å². The molecule has 0 aliphatic carbocycles. The molecule has 0 unspecified atom stereocenters. The molecule has 0 spiro atoms. The Morgan fingerprint density at radius 3 is 2.29 bits per heavy atom. The maximum atomic E-state index is 13.4. The van der Waals surface area contributed by atoms with E-state index in [2.05, 4.69) is 17.2 Å². The number of amides is 3. The standard InChI is InChI=1S/C26H21F2N3O3/c1-15(29-23(32)13-16-11-17(27)14-18(28)12-16)25(33)30-24-21-9-4-3-7-19(21)20-8-5-6-10-22(20)31(2)26(24)34/h3-12,14,24H,1,13H2,2H3,(H,29,32)(H,30,33)/t24-/m0/s1.